The summed E-state index contributed by atoms with van der Waals surface area (Å²) in [5, 5.41) is 4.73. The van der Waals surface area contributed by atoms with Gasteiger partial charge in [0.15, 0.2) is 0 Å². The van der Waals surface area contributed by atoms with Crippen LogP contribution in [0.2, 0.25) is 0 Å². The van der Waals surface area contributed by atoms with E-state index in [2.05, 4.69) is 10.6 Å². The molecule has 0 rings (SSSR count). The maximum Gasteiger partial charge on any atom is 0.314 e. The van der Waals surface area contributed by atoms with E-state index in [1.54, 1.807) is 14.1 Å². The first-order valence-electron chi connectivity index (χ1n) is 3.70. The minimum atomic E-state index is -0.157. The van der Waals surface area contributed by atoms with Crippen LogP contribution in [0.4, 0.5) is 4.79 Å². The first-order valence-corrected chi connectivity index (χ1v) is 3.70. The summed E-state index contributed by atoms with van der Waals surface area (Å²) in [6.07, 6.45) is 0. The molecule has 3 heteroatoms. The van der Waals surface area contributed by atoms with Crippen LogP contribution in [0.25, 0.3) is 0 Å². The Morgan fingerprint density at radius 2 is 1.10 bits per heavy atom. The third-order valence-corrected chi connectivity index (χ3v) is 0.454. The van der Waals surface area contributed by atoms with E-state index in [1.165, 1.54) is 0 Å². The number of carbonyl (C=O) groups is 1. The smallest absolute Gasteiger partial charge is 0.314 e. The summed E-state index contributed by atoms with van der Waals surface area (Å²) in [7, 11) is 3.14. The zero-order valence-electron chi connectivity index (χ0n) is 7.91. The number of nitrogens with one attached hydrogen (secondary N) is 2. The Labute approximate surface area is 64.2 Å². The Morgan fingerprint density at radius 3 is 1.10 bits per heavy atom. The molecule has 0 saturated heterocycles. The van der Waals surface area contributed by atoms with Gasteiger partial charge < -0.3 is 10.6 Å². The van der Waals surface area contributed by atoms with E-state index in [-0.39, 0.29) is 6.03 Å². The molecule has 0 aliphatic heterocycles. The van der Waals surface area contributed by atoms with Gasteiger partial charge in [0, 0.05) is 14.1 Å². The fourth-order valence-corrected chi connectivity index (χ4v) is 0.125. The highest BCUT2D eigenvalue weighted by Gasteiger charge is 1.81. The average Bonchev–Trinajstić information content (AvgIpc) is 2.10. The Hall–Kier alpha value is -0.730. The van der Waals surface area contributed by atoms with Crippen molar-refractivity contribution >= 4 is 6.03 Å². The fourth-order valence-electron chi connectivity index (χ4n) is 0.125. The third-order valence-electron chi connectivity index (χ3n) is 0.454. The van der Waals surface area contributed by atoms with Gasteiger partial charge in [-0.25, -0.2) is 4.79 Å². The van der Waals surface area contributed by atoms with Crippen molar-refractivity contribution in [3.63, 3.8) is 0 Å². The van der Waals surface area contributed by atoms with E-state index in [0.29, 0.717) is 0 Å². The molecule has 0 atom stereocenters. The molecule has 0 bridgehead atoms. The first-order chi connectivity index (χ1) is 4.81. The molecule has 0 aromatic rings. The van der Waals surface area contributed by atoms with Gasteiger partial charge in [-0.05, 0) is 0 Å². The number of rotatable bonds is 0. The minimum absolute atomic E-state index is 0.157. The first kappa shape index (κ1) is 16.1. The van der Waals surface area contributed by atoms with Gasteiger partial charge in [-0.15, -0.1) is 0 Å². The Kier molecular flexibility index (Phi) is 38.7. The molecule has 0 heterocycles. The van der Waals surface area contributed by atoms with Crippen LogP contribution in [0.3, 0.4) is 0 Å². The normalized spacial score (nSPS) is 5.40. The molecule has 2 N–H and O–H groups in total. The van der Waals surface area contributed by atoms with Gasteiger partial charge in [0.1, 0.15) is 0 Å². The van der Waals surface area contributed by atoms with Crippen LogP contribution in [0, 0.1) is 0 Å². The number of hydrogen-bond acceptors (Lipinski definition) is 1. The van der Waals surface area contributed by atoms with Crippen LogP contribution in [0.15, 0.2) is 0 Å². The van der Waals surface area contributed by atoms with Crippen molar-refractivity contribution in [2.24, 2.45) is 0 Å². The van der Waals surface area contributed by atoms with Crippen molar-refractivity contribution in [3.8, 4) is 0 Å². The lowest BCUT2D eigenvalue weighted by Crippen LogP contribution is -2.28. The van der Waals surface area contributed by atoms with Crippen molar-refractivity contribution in [1.29, 1.82) is 0 Å². The third kappa shape index (κ3) is 26.7. The molecule has 0 aromatic heterocycles. The maximum absolute atomic E-state index is 9.96. The Morgan fingerprint density at radius 1 is 0.900 bits per heavy atom. The molecule has 10 heavy (non-hydrogen) atoms. The Bertz CT molecular complexity index is 49.6. The van der Waals surface area contributed by atoms with Crippen molar-refractivity contribution in [2.45, 2.75) is 27.7 Å². The van der Waals surface area contributed by atoms with Gasteiger partial charge in [-0.1, -0.05) is 27.7 Å². The molecule has 0 spiro atoms. The molecule has 64 valence electrons. The van der Waals surface area contributed by atoms with Gasteiger partial charge in [-0.2, -0.15) is 0 Å². The van der Waals surface area contributed by atoms with Crippen LogP contribution in [-0.2, 0) is 0 Å². The molecule has 0 fully saturated rings. The molecule has 0 radical (unpaired) electrons. The average molecular weight is 148 g/mol. The summed E-state index contributed by atoms with van der Waals surface area (Å²) < 4.78 is 0. The predicted octanol–water partition coefficient (Wildman–Crippen LogP) is 1.60. The summed E-state index contributed by atoms with van der Waals surface area (Å²) in [4.78, 5) is 9.96. The van der Waals surface area contributed by atoms with Gasteiger partial charge >= 0.3 is 6.03 Å². The lowest BCUT2D eigenvalue weighted by atomic mass is 11.0. The molecule has 0 aromatic carbocycles. The van der Waals surface area contributed by atoms with Gasteiger partial charge in [0.25, 0.3) is 0 Å². The second-order valence-electron chi connectivity index (χ2n) is 0.829. The molecule has 0 aliphatic carbocycles. The summed E-state index contributed by atoms with van der Waals surface area (Å²) in [5.74, 6) is 0. The van der Waals surface area contributed by atoms with Crippen LogP contribution in [0.5, 0.6) is 0 Å². The summed E-state index contributed by atoms with van der Waals surface area (Å²) >= 11 is 0. The predicted molar refractivity (Wildman–Crippen MR) is 46.2 cm³/mol. The zero-order chi connectivity index (χ0) is 8.99. The molecule has 0 unspecified atom stereocenters. The Balaban J connectivity index is -0.000000105. The monoisotopic (exact) mass is 148 g/mol. The summed E-state index contributed by atoms with van der Waals surface area (Å²) in [6.45, 7) is 8.00. The lowest BCUT2D eigenvalue weighted by molar-refractivity contribution is 0.245. The molecule has 3 nitrogen and oxygen atoms in total. The van der Waals surface area contributed by atoms with E-state index in [1.807, 2.05) is 27.7 Å². The van der Waals surface area contributed by atoms with Crippen molar-refractivity contribution in [2.75, 3.05) is 14.1 Å². The summed E-state index contributed by atoms with van der Waals surface area (Å²) in [6, 6.07) is -0.157. The number of urea groups is 1. The highest BCUT2D eigenvalue weighted by Crippen LogP contribution is 1.48. The van der Waals surface area contributed by atoms with Crippen LogP contribution < -0.4 is 10.6 Å². The molecular weight excluding hydrogens is 128 g/mol. The standard InChI is InChI=1S/C3H8N2O.2C2H6/c1-4-3(6)5-2;2*1-2/h1-2H3,(H2,4,5,6);2*1-2H3. The summed E-state index contributed by atoms with van der Waals surface area (Å²) in [5.41, 5.74) is 0. The maximum atomic E-state index is 9.96. The van der Waals surface area contributed by atoms with E-state index < -0.39 is 0 Å². The lowest BCUT2D eigenvalue weighted by Gasteiger charge is -1.91. The van der Waals surface area contributed by atoms with E-state index in [4.69, 9.17) is 0 Å². The molecular formula is C7H20N2O. The van der Waals surface area contributed by atoms with E-state index in [9.17, 15) is 4.79 Å². The SMILES string of the molecule is CC.CC.CNC(=O)NC. The zero-order valence-corrected chi connectivity index (χ0v) is 7.91. The number of carbonyl (C=O) groups excluding carboxylic acids is 1. The van der Waals surface area contributed by atoms with Crippen LogP contribution in [0.1, 0.15) is 27.7 Å². The molecule has 2 amide bonds. The van der Waals surface area contributed by atoms with Crippen LogP contribution >= 0.6 is 0 Å². The van der Waals surface area contributed by atoms with Crippen molar-refractivity contribution < 1.29 is 4.79 Å². The second kappa shape index (κ2) is 24.0. The minimum Gasteiger partial charge on any atom is -0.341 e. The van der Waals surface area contributed by atoms with Crippen LogP contribution in [-0.4, -0.2) is 20.1 Å². The van der Waals surface area contributed by atoms with E-state index in [0.717, 1.165) is 0 Å². The van der Waals surface area contributed by atoms with Gasteiger partial charge in [-0.3, -0.25) is 0 Å². The fraction of sp³-hybridized carbons (Fsp3) is 0.857. The highest BCUT2D eigenvalue weighted by molar-refractivity contribution is 5.72. The number of amides is 2. The van der Waals surface area contributed by atoms with Gasteiger partial charge in [0.2, 0.25) is 0 Å². The molecule has 0 aliphatic rings. The second-order valence-corrected chi connectivity index (χ2v) is 0.829. The van der Waals surface area contributed by atoms with Crippen molar-refractivity contribution in [1.82, 2.24) is 10.6 Å². The van der Waals surface area contributed by atoms with Crippen molar-refractivity contribution in [3.05, 3.63) is 0 Å². The molecule has 0 saturated carbocycles. The topological polar surface area (TPSA) is 41.1 Å². The highest BCUT2D eigenvalue weighted by atomic mass is 16.2. The van der Waals surface area contributed by atoms with Gasteiger partial charge in [0.05, 0.1) is 0 Å². The van der Waals surface area contributed by atoms with E-state index >= 15 is 0 Å². The largest absolute Gasteiger partial charge is 0.341 e. The number of hydrogen-bond donors (Lipinski definition) is 2. The quantitative estimate of drug-likeness (QED) is 0.538.